The molecule has 0 spiro atoms. The van der Waals surface area contributed by atoms with Crippen molar-refractivity contribution in [3.8, 4) is 11.5 Å². The summed E-state index contributed by atoms with van der Waals surface area (Å²) in [6.07, 6.45) is 19.0. The van der Waals surface area contributed by atoms with Crippen LogP contribution in [-0.4, -0.2) is 22.5 Å². The monoisotopic (exact) mass is 497 g/mol. The van der Waals surface area contributed by atoms with Gasteiger partial charge in [-0.05, 0) is 18.1 Å². The third-order valence-corrected chi connectivity index (χ3v) is 7.01. The van der Waals surface area contributed by atoms with E-state index >= 15 is 0 Å². The van der Waals surface area contributed by atoms with Crippen molar-refractivity contribution in [2.75, 3.05) is 12.1 Å². The van der Waals surface area contributed by atoms with E-state index in [4.69, 9.17) is 9.47 Å². The summed E-state index contributed by atoms with van der Waals surface area (Å²) in [7, 11) is -4.28. The molecular formula is C26H44NO6P. The standard InChI is InChI=1S/C26H44NO6P/c1-2-3-4-5-6-7-8-9-10-11-12-13-14-15-16-17-26(28)27-23-19-25-24(32-21-33-25)18-22(23)20-34(29,30)31/h18-19H,2-17,20-21H2,1H3,(H,27,28)(H2,29,30,31). The summed E-state index contributed by atoms with van der Waals surface area (Å²) in [6, 6.07) is 3.11. The van der Waals surface area contributed by atoms with Crippen LogP contribution in [0, 0.1) is 0 Å². The minimum atomic E-state index is -4.28. The maximum absolute atomic E-state index is 12.4. The lowest BCUT2D eigenvalue weighted by molar-refractivity contribution is -0.116. The van der Waals surface area contributed by atoms with Gasteiger partial charge in [0.25, 0.3) is 0 Å². The molecule has 0 atom stereocenters. The first-order valence-electron chi connectivity index (χ1n) is 13.2. The number of rotatable bonds is 19. The second-order valence-corrected chi connectivity index (χ2v) is 11.1. The van der Waals surface area contributed by atoms with E-state index in [1.54, 1.807) is 6.07 Å². The Balaban J connectivity index is 1.53. The fourth-order valence-corrected chi connectivity index (χ4v) is 5.03. The molecule has 0 aromatic heterocycles. The lowest BCUT2D eigenvalue weighted by atomic mass is 10.0. The number of carbonyl (C=O) groups is 1. The Hall–Kier alpha value is -1.56. The molecule has 1 amide bonds. The van der Waals surface area contributed by atoms with Crippen molar-refractivity contribution < 1.29 is 28.6 Å². The van der Waals surface area contributed by atoms with Gasteiger partial charge in [-0.15, -0.1) is 0 Å². The second-order valence-electron chi connectivity index (χ2n) is 9.43. The van der Waals surface area contributed by atoms with E-state index in [2.05, 4.69) is 12.2 Å². The van der Waals surface area contributed by atoms with E-state index in [-0.39, 0.29) is 12.7 Å². The third kappa shape index (κ3) is 12.2. The third-order valence-electron chi connectivity index (χ3n) is 6.26. The molecule has 2 rings (SSSR count). The average molecular weight is 498 g/mol. The van der Waals surface area contributed by atoms with E-state index in [1.807, 2.05) is 0 Å². The van der Waals surface area contributed by atoms with Crippen LogP contribution >= 0.6 is 7.60 Å². The van der Waals surface area contributed by atoms with Gasteiger partial charge < -0.3 is 24.6 Å². The molecule has 7 nitrogen and oxygen atoms in total. The molecule has 0 aliphatic carbocycles. The van der Waals surface area contributed by atoms with Crippen LogP contribution < -0.4 is 14.8 Å². The Kier molecular flexibility index (Phi) is 13.6. The Labute approximate surface area is 205 Å². The first-order chi connectivity index (χ1) is 16.4. The molecule has 0 bridgehead atoms. The van der Waals surface area contributed by atoms with Crippen molar-refractivity contribution >= 4 is 19.2 Å². The normalized spacial score (nSPS) is 12.8. The molecule has 1 aliphatic rings. The maximum atomic E-state index is 12.4. The highest BCUT2D eigenvalue weighted by Gasteiger charge is 2.23. The van der Waals surface area contributed by atoms with Crippen LogP contribution in [0.5, 0.6) is 11.5 Å². The summed E-state index contributed by atoms with van der Waals surface area (Å²) in [6.45, 7) is 2.32. The van der Waals surface area contributed by atoms with Crippen LogP contribution in [0.3, 0.4) is 0 Å². The predicted molar refractivity (Wildman–Crippen MR) is 136 cm³/mol. The van der Waals surface area contributed by atoms with E-state index < -0.39 is 13.8 Å². The molecule has 1 aromatic rings. The van der Waals surface area contributed by atoms with Crippen LogP contribution in [-0.2, 0) is 15.5 Å². The molecule has 0 unspecified atom stereocenters. The second kappa shape index (κ2) is 16.2. The van der Waals surface area contributed by atoms with Gasteiger partial charge in [-0.2, -0.15) is 0 Å². The van der Waals surface area contributed by atoms with Gasteiger partial charge in [0.05, 0.1) is 6.16 Å². The molecule has 0 saturated carbocycles. The van der Waals surface area contributed by atoms with Gasteiger partial charge >= 0.3 is 7.60 Å². The Bertz CT molecular complexity index is 779. The summed E-state index contributed by atoms with van der Waals surface area (Å²) in [5.74, 6) is 0.751. The molecule has 1 aliphatic heterocycles. The lowest BCUT2D eigenvalue weighted by Crippen LogP contribution is -2.13. The number of unbranched alkanes of at least 4 members (excludes halogenated alkanes) is 14. The minimum absolute atomic E-state index is 0.0568. The van der Waals surface area contributed by atoms with Crippen LogP contribution in [0.1, 0.15) is 115 Å². The zero-order chi connectivity index (χ0) is 24.7. The maximum Gasteiger partial charge on any atom is 0.329 e. The van der Waals surface area contributed by atoms with Gasteiger partial charge in [0, 0.05) is 18.2 Å². The number of hydrogen-bond acceptors (Lipinski definition) is 4. The van der Waals surface area contributed by atoms with Crippen molar-refractivity contribution in [3.05, 3.63) is 17.7 Å². The van der Waals surface area contributed by atoms with Crippen molar-refractivity contribution in [2.45, 2.75) is 116 Å². The zero-order valence-electron chi connectivity index (χ0n) is 20.9. The molecule has 0 radical (unpaired) electrons. The van der Waals surface area contributed by atoms with Crippen LogP contribution in [0.15, 0.2) is 12.1 Å². The van der Waals surface area contributed by atoms with E-state index in [0.717, 1.165) is 19.3 Å². The fraction of sp³-hybridized carbons (Fsp3) is 0.731. The number of nitrogens with one attached hydrogen (secondary N) is 1. The van der Waals surface area contributed by atoms with E-state index in [1.165, 1.54) is 83.1 Å². The van der Waals surface area contributed by atoms with Gasteiger partial charge in [-0.25, -0.2) is 0 Å². The zero-order valence-corrected chi connectivity index (χ0v) is 21.8. The van der Waals surface area contributed by atoms with Crippen molar-refractivity contribution in [1.82, 2.24) is 0 Å². The van der Waals surface area contributed by atoms with Gasteiger partial charge in [0.15, 0.2) is 11.5 Å². The molecule has 194 valence electrons. The quantitative estimate of drug-likeness (QED) is 0.137. The molecule has 3 N–H and O–H groups in total. The largest absolute Gasteiger partial charge is 0.454 e. The van der Waals surface area contributed by atoms with Gasteiger partial charge in [0.1, 0.15) is 0 Å². The van der Waals surface area contributed by atoms with Crippen molar-refractivity contribution in [3.63, 3.8) is 0 Å². The van der Waals surface area contributed by atoms with Crippen LogP contribution in [0.2, 0.25) is 0 Å². The Morgan fingerprint density at radius 3 is 1.79 bits per heavy atom. The minimum Gasteiger partial charge on any atom is -0.454 e. The smallest absolute Gasteiger partial charge is 0.329 e. The van der Waals surface area contributed by atoms with E-state index in [0.29, 0.717) is 29.2 Å². The molecule has 1 aromatic carbocycles. The van der Waals surface area contributed by atoms with E-state index in [9.17, 15) is 19.1 Å². The molecule has 34 heavy (non-hydrogen) atoms. The topological polar surface area (TPSA) is 105 Å². The number of amides is 1. The number of ether oxygens (including phenoxy) is 2. The number of fused-ring (bicyclic) bond motifs is 1. The Morgan fingerprint density at radius 1 is 0.824 bits per heavy atom. The highest BCUT2D eigenvalue weighted by Crippen LogP contribution is 2.45. The van der Waals surface area contributed by atoms with Gasteiger partial charge in [0.2, 0.25) is 12.7 Å². The first kappa shape index (κ1) is 28.7. The highest BCUT2D eigenvalue weighted by molar-refractivity contribution is 7.50. The van der Waals surface area contributed by atoms with Gasteiger partial charge in [-0.1, -0.05) is 96.8 Å². The predicted octanol–water partition coefficient (Wildman–Crippen LogP) is 7.29. The highest BCUT2D eigenvalue weighted by atomic mass is 31.2. The summed E-state index contributed by atoms with van der Waals surface area (Å²) in [5.41, 5.74) is 0.723. The summed E-state index contributed by atoms with van der Waals surface area (Å²) in [5, 5.41) is 2.79. The van der Waals surface area contributed by atoms with Crippen molar-refractivity contribution in [1.29, 1.82) is 0 Å². The lowest BCUT2D eigenvalue weighted by Gasteiger charge is -2.13. The number of hydrogen-bond donors (Lipinski definition) is 3. The summed E-state index contributed by atoms with van der Waals surface area (Å²) in [4.78, 5) is 31.1. The average Bonchev–Trinajstić information content (AvgIpc) is 3.22. The fourth-order valence-electron chi connectivity index (χ4n) is 4.32. The molecule has 0 fully saturated rings. The number of benzene rings is 1. The van der Waals surface area contributed by atoms with Gasteiger partial charge in [-0.3, -0.25) is 9.36 Å². The summed E-state index contributed by atoms with van der Waals surface area (Å²) >= 11 is 0. The molecule has 0 saturated heterocycles. The Morgan fingerprint density at radius 2 is 1.29 bits per heavy atom. The number of anilines is 1. The molecular weight excluding hydrogens is 453 g/mol. The van der Waals surface area contributed by atoms with Crippen molar-refractivity contribution in [2.24, 2.45) is 0 Å². The molecule has 1 heterocycles. The van der Waals surface area contributed by atoms with Crippen LogP contribution in [0.4, 0.5) is 5.69 Å². The number of carbonyl (C=O) groups excluding carboxylic acids is 1. The molecule has 8 heteroatoms. The summed E-state index contributed by atoms with van der Waals surface area (Å²) < 4.78 is 22.1. The first-order valence-corrected chi connectivity index (χ1v) is 15.0. The SMILES string of the molecule is CCCCCCCCCCCCCCCCCC(=O)Nc1cc2c(cc1CP(=O)(O)O)OCO2. The van der Waals surface area contributed by atoms with Crippen LogP contribution in [0.25, 0.3) is 0 Å².